The molecular formula is C25H32N8. The lowest BCUT2D eigenvalue weighted by Crippen LogP contribution is -2.31. The van der Waals surface area contributed by atoms with E-state index in [9.17, 15) is 0 Å². The highest BCUT2D eigenvalue weighted by molar-refractivity contribution is 6.02. The number of nitrogens with one attached hydrogen (secondary N) is 2. The molecule has 0 amide bonds. The molecule has 3 heterocycles. The Morgan fingerprint density at radius 1 is 1.09 bits per heavy atom. The summed E-state index contributed by atoms with van der Waals surface area (Å²) in [6, 6.07) is 8.75. The van der Waals surface area contributed by atoms with Gasteiger partial charge in [0.25, 0.3) is 0 Å². The predicted molar refractivity (Wildman–Crippen MR) is 134 cm³/mol. The van der Waals surface area contributed by atoms with Crippen molar-refractivity contribution in [1.82, 2.24) is 29.8 Å². The maximum absolute atomic E-state index is 4.91. The van der Waals surface area contributed by atoms with Gasteiger partial charge in [-0.05, 0) is 58.0 Å². The number of benzene rings is 1. The standard InChI is InChI=1S/C25H32N8/c1-4-32(14-13-26-3)21-11-12-22(29-17(21)2)30-25-27-15-18-9-10-20-24(23(18)31-25)33(16-28-20)19-7-5-6-8-19/h9-12,15-16,19,26H,4-8,13-14H2,1-3H3,(H,27,29,30,31). The summed E-state index contributed by atoms with van der Waals surface area (Å²) >= 11 is 0. The second kappa shape index (κ2) is 9.31. The number of pyridine rings is 1. The molecule has 8 heteroatoms. The molecule has 0 spiro atoms. The SMILES string of the molecule is CCN(CCNC)c1ccc(Nc2ncc3ccc4ncn(C5CCCC5)c4c3n2)nc1C. The fraction of sp³-hybridized carbons (Fsp3) is 0.440. The monoisotopic (exact) mass is 444 g/mol. The Bertz CT molecular complexity index is 1260. The molecule has 172 valence electrons. The van der Waals surface area contributed by atoms with E-state index in [1.54, 1.807) is 0 Å². The number of aromatic nitrogens is 5. The van der Waals surface area contributed by atoms with E-state index >= 15 is 0 Å². The summed E-state index contributed by atoms with van der Waals surface area (Å²) in [5.41, 5.74) is 5.17. The van der Waals surface area contributed by atoms with Crippen molar-refractivity contribution in [2.45, 2.75) is 45.6 Å². The van der Waals surface area contributed by atoms with Crippen molar-refractivity contribution in [2.24, 2.45) is 0 Å². The topological polar surface area (TPSA) is 83.8 Å². The lowest BCUT2D eigenvalue weighted by molar-refractivity contribution is 0.533. The third-order valence-corrected chi connectivity index (χ3v) is 6.65. The summed E-state index contributed by atoms with van der Waals surface area (Å²) in [5.74, 6) is 1.30. The molecule has 0 atom stereocenters. The molecule has 0 saturated heterocycles. The van der Waals surface area contributed by atoms with Gasteiger partial charge >= 0.3 is 0 Å². The van der Waals surface area contributed by atoms with Gasteiger partial charge in [0, 0.05) is 37.3 Å². The van der Waals surface area contributed by atoms with Crippen molar-refractivity contribution in [2.75, 3.05) is 36.9 Å². The largest absolute Gasteiger partial charge is 0.369 e. The fourth-order valence-corrected chi connectivity index (χ4v) is 4.90. The summed E-state index contributed by atoms with van der Waals surface area (Å²) in [7, 11) is 1.98. The van der Waals surface area contributed by atoms with Crippen LogP contribution in [0.5, 0.6) is 0 Å². The Hall–Kier alpha value is -3.26. The van der Waals surface area contributed by atoms with E-state index in [1.165, 1.54) is 25.7 Å². The van der Waals surface area contributed by atoms with Crippen molar-refractivity contribution >= 4 is 39.4 Å². The van der Waals surface area contributed by atoms with Crippen molar-refractivity contribution in [1.29, 1.82) is 0 Å². The second-order valence-electron chi connectivity index (χ2n) is 8.76. The van der Waals surface area contributed by atoms with Gasteiger partial charge in [0.2, 0.25) is 5.95 Å². The van der Waals surface area contributed by atoms with Gasteiger partial charge in [0.1, 0.15) is 11.3 Å². The first-order valence-corrected chi connectivity index (χ1v) is 11.9. The molecule has 0 radical (unpaired) electrons. The Balaban J connectivity index is 1.46. The number of hydrogen-bond acceptors (Lipinski definition) is 7. The minimum atomic E-state index is 0.508. The molecular weight excluding hydrogens is 412 g/mol. The summed E-state index contributed by atoms with van der Waals surface area (Å²) < 4.78 is 2.32. The number of imidazole rings is 1. The Kier molecular flexibility index (Phi) is 6.09. The average Bonchev–Trinajstić information content (AvgIpc) is 3.50. The normalized spacial score (nSPS) is 14.4. The molecule has 4 aromatic rings. The molecule has 1 saturated carbocycles. The highest BCUT2D eigenvalue weighted by Gasteiger charge is 2.20. The van der Waals surface area contributed by atoms with Gasteiger partial charge in [-0.15, -0.1) is 0 Å². The van der Waals surface area contributed by atoms with Crippen molar-refractivity contribution in [3.8, 4) is 0 Å². The number of nitrogens with zero attached hydrogens (tertiary/aromatic N) is 6. The van der Waals surface area contributed by atoms with Crippen LogP contribution in [0.15, 0.2) is 36.8 Å². The summed E-state index contributed by atoms with van der Waals surface area (Å²) in [6.45, 7) is 7.04. The van der Waals surface area contributed by atoms with Gasteiger partial charge in [0.15, 0.2) is 0 Å². The van der Waals surface area contributed by atoms with Crippen LogP contribution in [-0.4, -0.2) is 51.2 Å². The highest BCUT2D eigenvalue weighted by Crippen LogP contribution is 2.34. The van der Waals surface area contributed by atoms with Crippen LogP contribution in [0.1, 0.15) is 44.3 Å². The second-order valence-corrected chi connectivity index (χ2v) is 8.76. The predicted octanol–water partition coefficient (Wildman–Crippen LogP) is 4.59. The molecule has 0 unspecified atom stereocenters. The van der Waals surface area contributed by atoms with Crippen LogP contribution >= 0.6 is 0 Å². The van der Waals surface area contributed by atoms with Gasteiger partial charge < -0.3 is 20.1 Å². The first-order valence-electron chi connectivity index (χ1n) is 11.9. The van der Waals surface area contributed by atoms with Crippen LogP contribution in [0.25, 0.3) is 21.9 Å². The van der Waals surface area contributed by atoms with Gasteiger partial charge in [-0.1, -0.05) is 12.8 Å². The zero-order chi connectivity index (χ0) is 22.8. The van der Waals surface area contributed by atoms with E-state index in [4.69, 9.17) is 9.97 Å². The quantitative estimate of drug-likeness (QED) is 0.411. The van der Waals surface area contributed by atoms with Crippen LogP contribution < -0.4 is 15.5 Å². The van der Waals surface area contributed by atoms with Crippen LogP contribution in [0.2, 0.25) is 0 Å². The van der Waals surface area contributed by atoms with Gasteiger partial charge in [-0.25, -0.2) is 19.9 Å². The third kappa shape index (κ3) is 4.23. The van der Waals surface area contributed by atoms with E-state index < -0.39 is 0 Å². The Labute approximate surface area is 194 Å². The minimum absolute atomic E-state index is 0.508. The maximum atomic E-state index is 4.91. The molecule has 5 rings (SSSR count). The highest BCUT2D eigenvalue weighted by atomic mass is 15.2. The van der Waals surface area contributed by atoms with Crippen LogP contribution in [0.4, 0.5) is 17.5 Å². The molecule has 1 aromatic carbocycles. The number of fused-ring (bicyclic) bond motifs is 3. The first-order chi connectivity index (χ1) is 16.2. The fourth-order valence-electron chi connectivity index (χ4n) is 4.90. The van der Waals surface area contributed by atoms with E-state index in [-0.39, 0.29) is 0 Å². The molecule has 1 aliphatic rings. The average molecular weight is 445 g/mol. The van der Waals surface area contributed by atoms with Gasteiger partial charge in [-0.3, -0.25) is 0 Å². The molecule has 1 aliphatic carbocycles. The summed E-state index contributed by atoms with van der Waals surface area (Å²) in [5, 5.41) is 7.56. The van der Waals surface area contributed by atoms with Crippen molar-refractivity contribution in [3.63, 3.8) is 0 Å². The number of hydrogen-bond donors (Lipinski definition) is 2. The van der Waals surface area contributed by atoms with E-state index in [0.717, 1.165) is 58.8 Å². The minimum Gasteiger partial charge on any atom is -0.369 e. The van der Waals surface area contributed by atoms with E-state index in [1.807, 2.05) is 32.6 Å². The molecule has 3 aromatic heterocycles. The lowest BCUT2D eigenvalue weighted by atomic mass is 10.2. The van der Waals surface area contributed by atoms with Crippen molar-refractivity contribution in [3.05, 3.63) is 42.5 Å². The molecule has 2 N–H and O–H groups in total. The van der Waals surface area contributed by atoms with Crippen LogP contribution in [-0.2, 0) is 0 Å². The number of anilines is 3. The van der Waals surface area contributed by atoms with Gasteiger partial charge in [-0.2, -0.15) is 0 Å². The maximum Gasteiger partial charge on any atom is 0.228 e. The Morgan fingerprint density at radius 3 is 2.70 bits per heavy atom. The van der Waals surface area contributed by atoms with Crippen LogP contribution in [0, 0.1) is 6.92 Å². The lowest BCUT2D eigenvalue weighted by Gasteiger charge is -2.24. The molecule has 0 bridgehead atoms. The number of rotatable bonds is 8. The number of likely N-dealkylation sites (N-methyl/N-ethyl adjacent to an activating group) is 2. The van der Waals surface area contributed by atoms with Crippen LogP contribution in [0.3, 0.4) is 0 Å². The summed E-state index contributed by atoms with van der Waals surface area (Å²) in [4.78, 5) is 21.2. The van der Waals surface area contributed by atoms with Crippen molar-refractivity contribution < 1.29 is 0 Å². The van der Waals surface area contributed by atoms with E-state index in [0.29, 0.717) is 12.0 Å². The smallest absolute Gasteiger partial charge is 0.228 e. The molecule has 1 fully saturated rings. The molecule has 33 heavy (non-hydrogen) atoms. The molecule has 8 nitrogen and oxygen atoms in total. The number of aryl methyl sites for hydroxylation is 1. The zero-order valence-corrected chi connectivity index (χ0v) is 19.7. The molecule has 0 aliphatic heterocycles. The summed E-state index contributed by atoms with van der Waals surface area (Å²) in [6.07, 6.45) is 8.83. The van der Waals surface area contributed by atoms with E-state index in [2.05, 4.69) is 55.2 Å². The first kappa shape index (κ1) is 21.6. The third-order valence-electron chi connectivity index (χ3n) is 6.65. The Morgan fingerprint density at radius 2 is 1.94 bits per heavy atom. The zero-order valence-electron chi connectivity index (χ0n) is 19.7. The van der Waals surface area contributed by atoms with Gasteiger partial charge in [0.05, 0.1) is 28.7 Å².